The summed E-state index contributed by atoms with van der Waals surface area (Å²) in [6.45, 7) is 0.675. The number of benzene rings is 1. The molecule has 0 radical (unpaired) electrons. The number of amides is 1. The Morgan fingerprint density at radius 3 is 2.96 bits per heavy atom. The average molecular weight is 307 g/mol. The van der Waals surface area contributed by atoms with Crippen LogP contribution >= 0.6 is 0 Å². The lowest BCUT2D eigenvalue weighted by Gasteiger charge is -2.07. The van der Waals surface area contributed by atoms with Crippen LogP contribution in [0.2, 0.25) is 0 Å². The fourth-order valence-corrected chi connectivity index (χ4v) is 2.65. The summed E-state index contributed by atoms with van der Waals surface area (Å²) in [5, 5.41) is 2.91. The van der Waals surface area contributed by atoms with E-state index in [1.165, 1.54) is 12.8 Å². The molecular formula is C17H17N5O. The summed E-state index contributed by atoms with van der Waals surface area (Å²) in [7, 11) is 0. The van der Waals surface area contributed by atoms with Gasteiger partial charge < -0.3 is 9.88 Å². The molecule has 1 amide bonds. The van der Waals surface area contributed by atoms with Crippen LogP contribution in [0, 0.1) is 0 Å². The monoisotopic (exact) mass is 307 g/mol. The van der Waals surface area contributed by atoms with Gasteiger partial charge >= 0.3 is 0 Å². The highest BCUT2D eigenvalue weighted by Crippen LogP contribution is 2.38. The third-order valence-corrected chi connectivity index (χ3v) is 4.05. The summed E-state index contributed by atoms with van der Waals surface area (Å²) < 4.78 is 1.85. The molecule has 1 fully saturated rings. The van der Waals surface area contributed by atoms with E-state index in [-0.39, 0.29) is 12.5 Å². The van der Waals surface area contributed by atoms with E-state index in [1.807, 2.05) is 34.9 Å². The van der Waals surface area contributed by atoms with Gasteiger partial charge in [0.25, 0.3) is 0 Å². The molecule has 0 unspecified atom stereocenters. The third kappa shape index (κ3) is 3.06. The molecule has 0 atom stereocenters. The van der Waals surface area contributed by atoms with Gasteiger partial charge in [0.2, 0.25) is 5.91 Å². The lowest BCUT2D eigenvalue weighted by molar-refractivity contribution is -0.121. The van der Waals surface area contributed by atoms with Crippen molar-refractivity contribution in [3.05, 3.63) is 54.4 Å². The van der Waals surface area contributed by atoms with Crippen LogP contribution in [0.4, 0.5) is 0 Å². The Balaban J connectivity index is 1.39. The molecule has 0 aliphatic heterocycles. The highest BCUT2D eigenvalue weighted by atomic mass is 16.1. The van der Waals surface area contributed by atoms with E-state index in [9.17, 15) is 4.79 Å². The highest BCUT2D eigenvalue weighted by Gasteiger charge is 2.25. The van der Waals surface area contributed by atoms with Gasteiger partial charge in [0, 0.05) is 11.6 Å². The van der Waals surface area contributed by atoms with E-state index in [2.05, 4.69) is 20.3 Å². The number of nitrogens with one attached hydrogen (secondary N) is 1. The van der Waals surface area contributed by atoms with E-state index < -0.39 is 0 Å². The number of carbonyl (C=O) groups excluding carboxylic acids is 1. The summed E-state index contributed by atoms with van der Waals surface area (Å²) in [5.41, 5.74) is 3.79. The van der Waals surface area contributed by atoms with Crippen molar-refractivity contribution < 1.29 is 4.79 Å². The van der Waals surface area contributed by atoms with Gasteiger partial charge in [-0.1, -0.05) is 12.1 Å². The predicted molar refractivity (Wildman–Crippen MR) is 85.6 cm³/mol. The number of nitrogens with zero attached hydrogens (tertiary/aromatic N) is 4. The van der Waals surface area contributed by atoms with Crippen molar-refractivity contribution in [1.82, 2.24) is 24.8 Å². The number of aromatic nitrogens is 4. The van der Waals surface area contributed by atoms with Gasteiger partial charge in [-0.25, -0.2) is 15.0 Å². The standard InChI is InChI=1S/C17H17N5O/c23-17(9-22-11-21-14-3-1-2-4-16(14)22)18-8-13-7-15(12-5-6-12)20-10-19-13/h1-4,7,10-12H,5-6,8-9H2,(H,18,23). The average Bonchev–Trinajstić information content (AvgIpc) is 3.36. The van der Waals surface area contributed by atoms with Crippen LogP contribution in [0.1, 0.15) is 30.1 Å². The fraction of sp³-hybridized carbons (Fsp3) is 0.294. The maximum absolute atomic E-state index is 12.2. The van der Waals surface area contributed by atoms with Crippen LogP contribution in [0.15, 0.2) is 43.0 Å². The van der Waals surface area contributed by atoms with Crippen molar-refractivity contribution in [3.63, 3.8) is 0 Å². The van der Waals surface area contributed by atoms with E-state index in [1.54, 1.807) is 12.7 Å². The lowest BCUT2D eigenvalue weighted by Crippen LogP contribution is -2.27. The van der Waals surface area contributed by atoms with Crippen LogP contribution in [-0.4, -0.2) is 25.4 Å². The molecule has 1 aliphatic rings. The first-order chi connectivity index (χ1) is 11.3. The molecule has 4 rings (SSSR count). The third-order valence-electron chi connectivity index (χ3n) is 4.05. The Labute approximate surface area is 133 Å². The number of fused-ring (bicyclic) bond motifs is 1. The van der Waals surface area contributed by atoms with Crippen molar-refractivity contribution in [3.8, 4) is 0 Å². The molecule has 0 spiro atoms. The van der Waals surface area contributed by atoms with Crippen LogP contribution in [0.25, 0.3) is 11.0 Å². The molecule has 2 heterocycles. The molecule has 1 aromatic carbocycles. The van der Waals surface area contributed by atoms with Crippen molar-refractivity contribution in [1.29, 1.82) is 0 Å². The maximum atomic E-state index is 12.2. The fourth-order valence-electron chi connectivity index (χ4n) is 2.65. The molecule has 1 saturated carbocycles. The Hall–Kier alpha value is -2.76. The van der Waals surface area contributed by atoms with Gasteiger partial charge in [-0.3, -0.25) is 4.79 Å². The van der Waals surface area contributed by atoms with Gasteiger partial charge in [-0.05, 0) is 31.0 Å². The largest absolute Gasteiger partial charge is 0.349 e. The number of rotatable bonds is 5. The van der Waals surface area contributed by atoms with Gasteiger partial charge in [0.15, 0.2) is 0 Å². The van der Waals surface area contributed by atoms with Crippen LogP contribution < -0.4 is 5.32 Å². The molecule has 0 bridgehead atoms. The lowest BCUT2D eigenvalue weighted by atomic mass is 10.2. The number of hydrogen-bond acceptors (Lipinski definition) is 4. The normalized spacial score (nSPS) is 14.1. The van der Waals surface area contributed by atoms with E-state index in [0.29, 0.717) is 12.5 Å². The molecular weight excluding hydrogens is 290 g/mol. The Morgan fingerprint density at radius 1 is 1.22 bits per heavy atom. The summed E-state index contributed by atoms with van der Waals surface area (Å²) in [4.78, 5) is 25.0. The van der Waals surface area contributed by atoms with Crippen LogP contribution in [0.3, 0.4) is 0 Å². The highest BCUT2D eigenvalue weighted by molar-refractivity contribution is 5.80. The Bertz CT molecular complexity index is 853. The second kappa shape index (κ2) is 5.79. The predicted octanol–water partition coefficient (Wildman–Crippen LogP) is 2.02. The minimum atomic E-state index is -0.0558. The van der Waals surface area contributed by atoms with Crippen molar-refractivity contribution >= 4 is 16.9 Å². The second-order valence-electron chi connectivity index (χ2n) is 5.85. The Morgan fingerprint density at radius 2 is 2.09 bits per heavy atom. The van der Waals surface area contributed by atoms with Crippen molar-refractivity contribution in [2.24, 2.45) is 0 Å². The van der Waals surface area contributed by atoms with Gasteiger partial charge in [-0.2, -0.15) is 0 Å². The number of para-hydroxylation sites is 2. The molecule has 3 aromatic rings. The van der Waals surface area contributed by atoms with E-state index >= 15 is 0 Å². The minimum Gasteiger partial charge on any atom is -0.349 e. The van der Waals surface area contributed by atoms with Crippen LogP contribution in [0.5, 0.6) is 0 Å². The molecule has 6 nitrogen and oxygen atoms in total. The summed E-state index contributed by atoms with van der Waals surface area (Å²) in [6.07, 6.45) is 5.69. The molecule has 116 valence electrons. The first-order valence-corrected chi connectivity index (χ1v) is 7.77. The maximum Gasteiger partial charge on any atom is 0.240 e. The molecule has 1 N–H and O–H groups in total. The van der Waals surface area contributed by atoms with Gasteiger partial charge in [0.05, 0.1) is 29.6 Å². The number of hydrogen-bond donors (Lipinski definition) is 1. The van der Waals surface area contributed by atoms with E-state index in [0.717, 1.165) is 22.4 Å². The Kier molecular flexibility index (Phi) is 3.49. The smallest absolute Gasteiger partial charge is 0.240 e. The summed E-state index contributed by atoms with van der Waals surface area (Å²) in [6, 6.07) is 9.77. The quantitative estimate of drug-likeness (QED) is 0.782. The SMILES string of the molecule is O=C(Cn1cnc2ccccc21)NCc1cc(C2CC2)ncn1. The molecule has 2 aromatic heterocycles. The summed E-state index contributed by atoms with van der Waals surface area (Å²) >= 11 is 0. The zero-order valence-corrected chi connectivity index (χ0v) is 12.6. The zero-order chi connectivity index (χ0) is 15.6. The number of imidazole rings is 1. The molecule has 6 heteroatoms. The first kappa shape index (κ1) is 13.9. The van der Waals surface area contributed by atoms with E-state index in [4.69, 9.17) is 0 Å². The van der Waals surface area contributed by atoms with Crippen molar-refractivity contribution in [2.45, 2.75) is 31.8 Å². The van der Waals surface area contributed by atoms with Crippen molar-refractivity contribution in [2.75, 3.05) is 0 Å². The van der Waals surface area contributed by atoms with Crippen LogP contribution in [-0.2, 0) is 17.9 Å². The molecule has 0 saturated heterocycles. The molecule has 23 heavy (non-hydrogen) atoms. The van der Waals surface area contributed by atoms with Gasteiger partial charge in [0.1, 0.15) is 12.9 Å². The zero-order valence-electron chi connectivity index (χ0n) is 12.6. The van der Waals surface area contributed by atoms with Gasteiger partial charge in [-0.15, -0.1) is 0 Å². The topological polar surface area (TPSA) is 72.7 Å². The number of carbonyl (C=O) groups is 1. The first-order valence-electron chi connectivity index (χ1n) is 7.77. The second-order valence-corrected chi connectivity index (χ2v) is 5.85. The molecule has 1 aliphatic carbocycles. The summed E-state index contributed by atoms with van der Waals surface area (Å²) in [5.74, 6) is 0.532. The minimum absolute atomic E-state index is 0.0558.